The fraction of sp³-hybridized carbons (Fsp3) is 0.0769. The van der Waals surface area contributed by atoms with E-state index in [1.165, 1.54) is 0 Å². The highest BCUT2D eigenvalue weighted by molar-refractivity contribution is 14.1. The molecule has 0 saturated carbocycles. The Hall–Kier alpha value is -1.21. The molecular weight excluding hydrogens is 359 g/mol. The van der Waals surface area contributed by atoms with Gasteiger partial charge in [-0.2, -0.15) is 5.10 Å². The molecule has 0 radical (unpaired) electrons. The molecule has 92 valence electrons. The van der Waals surface area contributed by atoms with Crippen LogP contribution >= 0.6 is 33.9 Å². The SMILES string of the molecule is Cc1ccsc1C=NNC(=O)c1ccc(I)cc1. The monoisotopic (exact) mass is 370 g/mol. The van der Waals surface area contributed by atoms with Gasteiger partial charge in [0.15, 0.2) is 0 Å². The molecule has 0 saturated heterocycles. The summed E-state index contributed by atoms with van der Waals surface area (Å²) in [6.45, 7) is 2.01. The van der Waals surface area contributed by atoms with E-state index in [1.54, 1.807) is 29.7 Å². The molecule has 1 amide bonds. The molecule has 2 rings (SSSR count). The number of rotatable bonds is 3. The third-order valence-corrected chi connectivity index (χ3v) is 4.03. The maximum Gasteiger partial charge on any atom is 0.271 e. The van der Waals surface area contributed by atoms with Gasteiger partial charge in [0, 0.05) is 14.0 Å². The molecule has 0 unspecified atom stereocenters. The largest absolute Gasteiger partial charge is 0.271 e. The number of thiophene rings is 1. The van der Waals surface area contributed by atoms with Crippen molar-refractivity contribution >= 4 is 46.0 Å². The van der Waals surface area contributed by atoms with E-state index in [2.05, 4.69) is 33.1 Å². The van der Waals surface area contributed by atoms with Crippen LogP contribution in [-0.2, 0) is 0 Å². The second-order valence-electron chi connectivity index (χ2n) is 3.67. The van der Waals surface area contributed by atoms with E-state index in [4.69, 9.17) is 0 Å². The first kappa shape index (κ1) is 13.2. The van der Waals surface area contributed by atoms with Crippen molar-refractivity contribution in [1.82, 2.24) is 5.43 Å². The number of hydrogen-bond acceptors (Lipinski definition) is 3. The predicted molar refractivity (Wildman–Crippen MR) is 83.3 cm³/mol. The first-order chi connectivity index (χ1) is 8.66. The number of carbonyl (C=O) groups is 1. The Kier molecular flexibility index (Phi) is 4.48. The molecule has 2 aromatic rings. The molecule has 1 aromatic heterocycles. The zero-order valence-electron chi connectivity index (χ0n) is 9.68. The van der Waals surface area contributed by atoms with Gasteiger partial charge in [-0.3, -0.25) is 4.79 Å². The van der Waals surface area contributed by atoms with Crippen LogP contribution in [0.15, 0.2) is 40.8 Å². The van der Waals surface area contributed by atoms with Crippen LogP contribution in [0.4, 0.5) is 0 Å². The Labute approximate surface area is 123 Å². The number of halogens is 1. The van der Waals surface area contributed by atoms with Crippen molar-refractivity contribution in [3.8, 4) is 0 Å². The number of aryl methyl sites for hydroxylation is 1. The summed E-state index contributed by atoms with van der Waals surface area (Å²) in [4.78, 5) is 12.8. The summed E-state index contributed by atoms with van der Waals surface area (Å²) >= 11 is 3.80. The van der Waals surface area contributed by atoms with Crippen LogP contribution < -0.4 is 5.43 Å². The molecule has 1 heterocycles. The van der Waals surface area contributed by atoms with Gasteiger partial charge in [0.1, 0.15) is 0 Å². The van der Waals surface area contributed by atoms with Crippen molar-refractivity contribution in [1.29, 1.82) is 0 Å². The van der Waals surface area contributed by atoms with E-state index >= 15 is 0 Å². The second-order valence-corrected chi connectivity index (χ2v) is 5.87. The van der Waals surface area contributed by atoms with Crippen molar-refractivity contribution in [2.24, 2.45) is 5.10 Å². The number of nitrogens with zero attached hydrogens (tertiary/aromatic N) is 1. The van der Waals surface area contributed by atoms with Crippen molar-refractivity contribution < 1.29 is 4.79 Å². The second kappa shape index (κ2) is 6.10. The minimum atomic E-state index is -0.197. The lowest BCUT2D eigenvalue weighted by molar-refractivity contribution is 0.0955. The van der Waals surface area contributed by atoms with E-state index in [1.807, 2.05) is 30.5 Å². The first-order valence-corrected chi connectivity index (χ1v) is 7.26. The summed E-state index contributed by atoms with van der Waals surface area (Å²) < 4.78 is 1.10. The van der Waals surface area contributed by atoms with Crippen molar-refractivity contribution in [3.63, 3.8) is 0 Å². The van der Waals surface area contributed by atoms with Gasteiger partial charge in [0.25, 0.3) is 5.91 Å². The molecule has 0 aliphatic carbocycles. The van der Waals surface area contributed by atoms with E-state index in [0.717, 1.165) is 14.0 Å². The van der Waals surface area contributed by atoms with Gasteiger partial charge in [-0.05, 0) is 70.8 Å². The Morgan fingerprint density at radius 1 is 1.33 bits per heavy atom. The Morgan fingerprint density at radius 3 is 2.67 bits per heavy atom. The van der Waals surface area contributed by atoms with Gasteiger partial charge >= 0.3 is 0 Å². The third kappa shape index (κ3) is 3.39. The lowest BCUT2D eigenvalue weighted by Crippen LogP contribution is -2.17. The van der Waals surface area contributed by atoms with E-state index in [9.17, 15) is 4.79 Å². The quantitative estimate of drug-likeness (QED) is 0.502. The third-order valence-electron chi connectivity index (χ3n) is 2.36. The smallest absolute Gasteiger partial charge is 0.267 e. The van der Waals surface area contributed by atoms with Crippen LogP contribution in [0.25, 0.3) is 0 Å². The van der Waals surface area contributed by atoms with E-state index in [0.29, 0.717) is 5.56 Å². The van der Waals surface area contributed by atoms with E-state index < -0.39 is 0 Å². The molecule has 1 N–H and O–H groups in total. The number of nitrogens with one attached hydrogen (secondary N) is 1. The molecule has 0 fully saturated rings. The Balaban J connectivity index is 1.98. The molecule has 0 spiro atoms. The van der Waals surface area contributed by atoms with Gasteiger partial charge in [0.05, 0.1) is 6.21 Å². The maximum atomic E-state index is 11.7. The number of hydrazone groups is 1. The van der Waals surface area contributed by atoms with E-state index in [-0.39, 0.29) is 5.91 Å². The van der Waals surface area contributed by atoms with Crippen LogP contribution in [0.3, 0.4) is 0 Å². The average Bonchev–Trinajstić information content (AvgIpc) is 2.76. The van der Waals surface area contributed by atoms with Gasteiger partial charge < -0.3 is 0 Å². The lowest BCUT2D eigenvalue weighted by Gasteiger charge is -1.99. The standard InChI is InChI=1S/C13H11IN2OS/c1-9-6-7-18-12(9)8-15-16-13(17)10-2-4-11(14)5-3-10/h2-8H,1H3,(H,16,17). The molecule has 3 nitrogen and oxygen atoms in total. The normalized spacial score (nSPS) is 10.8. The van der Waals surface area contributed by atoms with Gasteiger partial charge in [0.2, 0.25) is 0 Å². The molecular formula is C13H11IN2OS. The van der Waals surface area contributed by atoms with Crippen LogP contribution in [-0.4, -0.2) is 12.1 Å². The summed E-state index contributed by atoms with van der Waals surface area (Å²) in [5, 5.41) is 5.96. The first-order valence-electron chi connectivity index (χ1n) is 5.30. The summed E-state index contributed by atoms with van der Waals surface area (Å²) in [5.74, 6) is -0.197. The number of amides is 1. The minimum Gasteiger partial charge on any atom is -0.267 e. The highest BCUT2D eigenvalue weighted by atomic mass is 127. The van der Waals surface area contributed by atoms with Crippen molar-refractivity contribution in [2.45, 2.75) is 6.92 Å². The zero-order chi connectivity index (χ0) is 13.0. The fourth-order valence-electron chi connectivity index (χ4n) is 1.33. The minimum absolute atomic E-state index is 0.197. The highest BCUT2D eigenvalue weighted by Crippen LogP contribution is 2.12. The number of hydrogen-bond donors (Lipinski definition) is 1. The summed E-state index contributed by atoms with van der Waals surface area (Å²) in [6, 6.07) is 9.37. The molecule has 0 atom stereocenters. The van der Waals surface area contributed by atoms with Crippen LogP contribution in [0.1, 0.15) is 20.8 Å². The Bertz CT molecular complexity index is 575. The average molecular weight is 370 g/mol. The highest BCUT2D eigenvalue weighted by Gasteiger charge is 2.03. The summed E-state index contributed by atoms with van der Waals surface area (Å²) in [5.41, 5.74) is 4.29. The van der Waals surface area contributed by atoms with Gasteiger partial charge in [-0.1, -0.05) is 0 Å². The molecule has 1 aromatic carbocycles. The summed E-state index contributed by atoms with van der Waals surface area (Å²) in [7, 11) is 0. The Morgan fingerprint density at radius 2 is 2.06 bits per heavy atom. The van der Waals surface area contributed by atoms with Gasteiger partial charge in [-0.15, -0.1) is 11.3 Å². The molecule has 0 aliphatic heterocycles. The van der Waals surface area contributed by atoms with Crippen LogP contribution in [0, 0.1) is 10.5 Å². The molecule has 5 heteroatoms. The molecule has 0 bridgehead atoms. The lowest BCUT2D eigenvalue weighted by atomic mass is 10.2. The zero-order valence-corrected chi connectivity index (χ0v) is 12.7. The molecule has 0 aliphatic rings. The van der Waals surface area contributed by atoms with Crippen LogP contribution in [0.2, 0.25) is 0 Å². The predicted octanol–water partition coefficient (Wildman–Crippen LogP) is 3.43. The van der Waals surface area contributed by atoms with Gasteiger partial charge in [-0.25, -0.2) is 5.43 Å². The summed E-state index contributed by atoms with van der Waals surface area (Å²) in [6.07, 6.45) is 1.67. The number of carbonyl (C=O) groups excluding carboxylic acids is 1. The fourth-order valence-corrected chi connectivity index (χ4v) is 2.48. The number of benzene rings is 1. The van der Waals surface area contributed by atoms with Crippen molar-refractivity contribution in [3.05, 3.63) is 55.3 Å². The van der Waals surface area contributed by atoms with Crippen LogP contribution in [0.5, 0.6) is 0 Å². The maximum absolute atomic E-state index is 11.7. The topological polar surface area (TPSA) is 41.5 Å². The van der Waals surface area contributed by atoms with Crippen molar-refractivity contribution in [2.75, 3.05) is 0 Å². The molecule has 18 heavy (non-hydrogen) atoms.